The molecule has 1 aromatic carbocycles. The number of methoxy groups -OCH3 is 1. The van der Waals surface area contributed by atoms with Crippen molar-refractivity contribution in [2.24, 2.45) is 0 Å². The van der Waals surface area contributed by atoms with Crippen LogP contribution >= 0.6 is 0 Å². The number of aromatic nitrogens is 3. The zero-order valence-corrected chi connectivity index (χ0v) is 21.3. The Bertz CT molecular complexity index is 945. The topological polar surface area (TPSA) is 87.2 Å². The number of anilines is 4. The van der Waals surface area contributed by atoms with E-state index in [2.05, 4.69) is 22.9 Å². The van der Waals surface area contributed by atoms with Crippen molar-refractivity contribution in [1.29, 1.82) is 0 Å². The van der Waals surface area contributed by atoms with E-state index < -0.39 is 5.82 Å². The molecule has 8 nitrogen and oxygen atoms in total. The third-order valence-electron chi connectivity index (χ3n) is 7.16. The molecule has 3 N–H and O–H groups in total. The van der Waals surface area contributed by atoms with Crippen molar-refractivity contribution >= 4 is 23.5 Å². The van der Waals surface area contributed by atoms with E-state index in [1.807, 2.05) is 17.9 Å². The Morgan fingerprint density at radius 1 is 1.06 bits per heavy atom. The Morgan fingerprint density at radius 3 is 2.46 bits per heavy atom. The molecule has 0 spiro atoms. The van der Waals surface area contributed by atoms with E-state index in [0.717, 1.165) is 32.2 Å². The molecule has 0 amide bonds. The van der Waals surface area contributed by atoms with Gasteiger partial charge in [-0.15, -0.1) is 0 Å². The smallest absolute Gasteiger partial charge is 0.236 e. The maximum atomic E-state index is 14.5. The van der Waals surface area contributed by atoms with E-state index >= 15 is 0 Å². The predicted molar refractivity (Wildman–Crippen MR) is 139 cm³/mol. The molecule has 2 fully saturated rings. The molecule has 1 aliphatic heterocycles. The Kier molecular flexibility index (Phi) is 8.95. The minimum Gasteiger partial charge on any atom is -0.494 e. The summed E-state index contributed by atoms with van der Waals surface area (Å²) in [6, 6.07) is 5.92. The molecule has 2 aliphatic rings. The molecule has 35 heavy (non-hydrogen) atoms. The molecule has 2 heterocycles. The summed E-state index contributed by atoms with van der Waals surface area (Å²) >= 11 is 0. The van der Waals surface area contributed by atoms with E-state index in [1.165, 1.54) is 45.3 Å². The van der Waals surface area contributed by atoms with Crippen LogP contribution in [0.15, 0.2) is 18.2 Å². The quantitative estimate of drug-likeness (QED) is 0.393. The highest BCUT2D eigenvalue weighted by atomic mass is 19.1. The molecule has 2 atom stereocenters. The third-order valence-corrected chi connectivity index (χ3v) is 7.16. The van der Waals surface area contributed by atoms with Crippen molar-refractivity contribution in [3.63, 3.8) is 0 Å². The van der Waals surface area contributed by atoms with Gasteiger partial charge in [0.15, 0.2) is 11.6 Å². The summed E-state index contributed by atoms with van der Waals surface area (Å²) in [6.07, 6.45) is 10.5. The van der Waals surface area contributed by atoms with E-state index in [-0.39, 0.29) is 11.8 Å². The number of nitrogens with one attached hydrogen (secondary N) is 3. The lowest BCUT2D eigenvalue weighted by Crippen LogP contribution is -2.40. The first-order chi connectivity index (χ1) is 17.1. The highest BCUT2D eigenvalue weighted by molar-refractivity contribution is 5.60. The van der Waals surface area contributed by atoms with Crippen molar-refractivity contribution in [2.45, 2.75) is 89.8 Å². The Hall–Kier alpha value is -2.68. The normalized spacial score (nSPS) is 19.7. The van der Waals surface area contributed by atoms with Crippen LogP contribution in [0.3, 0.4) is 0 Å². The lowest BCUT2D eigenvalue weighted by Gasteiger charge is -2.26. The summed E-state index contributed by atoms with van der Waals surface area (Å²) in [7, 11) is 1.47. The second kappa shape index (κ2) is 12.3. The number of hydrogen-bond acceptors (Lipinski definition) is 8. The average Bonchev–Trinajstić information content (AvgIpc) is 3.28. The van der Waals surface area contributed by atoms with Crippen LogP contribution in [0.5, 0.6) is 5.75 Å². The van der Waals surface area contributed by atoms with Crippen LogP contribution in [-0.4, -0.2) is 53.3 Å². The van der Waals surface area contributed by atoms with Gasteiger partial charge in [-0.25, -0.2) is 4.39 Å². The first-order valence-electron chi connectivity index (χ1n) is 13.2. The Labute approximate surface area is 208 Å². The minimum atomic E-state index is -0.411. The highest BCUT2D eigenvalue weighted by Gasteiger charge is 2.25. The van der Waals surface area contributed by atoms with E-state index in [0.29, 0.717) is 42.2 Å². The molecule has 1 saturated heterocycles. The largest absolute Gasteiger partial charge is 0.494 e. The van der Waals surface area contributed by atoms with Gasteiger partial charge in [0.05, 0.1) is 7.11 Å². The summed E-state index contributed by atoms with van der Waals surface area (Å²) in [4.78, 5) is 16.3. The Balaban J connectivity index is 1.65. The average molecular weight is 486 g/mol. The summed E-state index contributed by atoms with van der Waals surface area (Å²) in [5.41, 5.74) is 0.674. The van der Waals surface area contributed by atoms with Gasteiger partial charge in [-0.3, -0.25) is 0 Å². The molecule has 1 saturated carbocycles. The van der Waals surface area contributed by atoms with Gasteiger partial charge >= 0.3 is 0 Å². The van der Waals surface area contributed by atoms with Crippen molar-refractivity contribution in [3.8, 4) is 5.75 Å². The lowest BCUT2D eigenvalue weighted by atomic mass is 10.0. The minimum absolute atomic E-state index is 0.216. The molecule has 0 radical (unpaired) electrons. The fourth-order valence-electron chi connectivity index (χ4n) is 5.19. The van der Waals surface area contributed by atoms with E-state index in [1.54, 1.807) is 6.07 Å². The molecule has 4 rings (SSSR count). The van der Waals surface area contributed by atoms with Crippen LogP contribution in [0.25, 0.3) is 0 Å². The van der Waals surface area contributed by atoms with Gasteiger partial charge in [0, 0.05) is 36.4 Å². The third kappa shape index (κ3) is 6.51. The molecule has 1 aliphatic carbocycles. The SMILES string of the molecule is CCC(Nc1nc(NC2CCCCCC2)nc(N(CC)c2ccc(OC)c(F)c2)n1)C1CCCN1. The van der Waals surface area contributed by atoms with Crippen LogP contribution in [0.4, 0.5) is 27.9 Å². The summed E-state index contributed by atoms with van der Waals surface area (Å²) in [5, 5.41) is 10.8. The maximum Gasteiger partial charge on any atom is 0.236 e. The number of nitrogens with zero attached hydrogens (tertiary/aromatic N) is 4. The second-order valence-electron chi connectivity index (χ2n) is 9.54. The first-order valence-corrected chi connectivity index (χ1v) is 13.2. The molecule has 1 aromatic heterocycles. The van der Waals surface area contributed by atoms with Crippen molar-refractivity contribution < 1.29 is 9.13 Å². The number of hydrogen-bond donors (Lipinski definition) is 3. The number of ether oxygens (including phenoxy) is 1. The summed E-state index contributed by atoms with van der Waals surface area (Å²) < 4.78 is 19.6. The number of halogens is 1. The molecular formula is C26H40FN7O. The fraction of sp³-hybridized carbons (Fsp3) is 0.654. The molecule has 9 heteroatoms. The van der Waals surface area contributed by atoms with Crippen molar-refractivity contribution in [1.82, 2.24) is 20.3 Å². The van der Waals surface area contributed by atoms with Crippen LogP contribution in [0.2, 0.25) is 0 Å². The van der Waals surface area contributed by atoms with Crippen molar-refractivity contribution in [2.75, 3.05) is 35.7 Å². The van der Waals surface area contributed by atoms with Gasteiger partial charge in [0.25, 0.3) is 0 Å². The van der Waals surface area contributed by atoms with Gasteiger partial charge in [-0.1, -0.05) is 32.6 Å². The zero-order chi connectivity index (χ0) is 24.6. The highest BCUT2D eigenvalue weighted by Crippen LogP contribution is 2.29. The maximum absolute atomic E-state index is 14.5. The second-order valence-corrected chi connectivity index (χ2v) is 9.54. The zero-order valence-electron chi connectivity index (χ0n) is 21.3. The van der Waals surface area contributed by atoms with E-state index in [9.17, 15) is 4.39 Å². The molecule has 2 aromatic rings. The van der Waals surface area contributed by atoms with Crippen molar-refractivity contribution in [3.05, 3.63) is 24.0 Å². The monoisotopic (exact) mass is 485 g/mol. The predicted octanol–water partition coefficient (Wildman–Crippen LogP) is 5.25. The van der Waals surface area contributed by atoms with Gasteiger partial charge < -0.3 is 25.6 Å². The van der Waals surface area contributed by atoms with Crippen LogP contribution in [0.1, 0.15) is 71.6 Å². The standard InChI is InChI=1S/C26H40FN7O/c1-4-21(22-13-10-16-28-22)30-25-31-24(29-18-11-8-6-7-9-12-18)32-26(33-25)34(5-2)19-14-15-23(35-3)20(27)17-19/h14-15,17-18,21-22,28H,4-13,16H2,1-3H3,(H2,29,30,31,32,33). The van der Waals surface area contributed by atoms with Gasteiger partial charge in [0.1, 0.15) is 0 Å². The summed E-state index contributed by atoms with van der Waals surface area (Å²) in [6.45, 7) is 5.82. The molecule has 0 bridgehead atoms. The molecule has 192 valence electrons. The lowest BCUT2D eigenvalue weighted by molar-refractivity contribution is 0.386. The van der Waals surface area contributed by atoms with E-state index in [4.69, 9.17) is 19.7 Å². The van der Waals surface area contributed by atoms with Crippen LogP contribution in [-0.2, 0) is 0 Å². The molecule has 2 unspecified atom stereocenters. The van der Waals surface area contributed by atoms with Crippen LogP contribution in [0, 0.1) is 5.82 Å². The number of benzene rings is 1. The fourth-order valence-corrected chi connectivity index (χ4v) is 5.19. The van der Waals surface area contributed by atoms with Gasteiger partial charge in [-0.2, -0.15) is 15.0 Å². The summed E-state index contributed by atoms with van der Waals surface area (Å²) in [5.74, 6) is 1.43. The Morgan fingerprint density at radius 2 is 1.83 bits per heavy atom. The number of rotatable bonds is 10. The molecular weight excluding hydrogens is 445 g/mol. The van der Waals surface area contributed by atoms with Crippen LogP contribution < -0.4 is 25.6 Å². The van der Waals surface area contributed by atoms with Gasteiger partial charge in [0.2, 0.25) is 17.8 Å². The van der Waals surface area contributed by atoms with Gasteiger partial charge in [-0.05, 0) is 57.7 Å². The first kappa shape index (κ1) is 25.4.